The molecule has 0 fully saturated rings. The molecule has 0 saturated carbocycles. The van der Waals surface area contributed by atoms with Crippen molar-refractivity contribution in [2.75, 3.05) is 6.54 Å². The number of nitrogens with one attached hydrogen (secondary N) is 1. The lowest BCUT2D eigenvalue weighted by Gasteiger charge is -2.27. The fourth-order valence-electron chi connectivity index (χ4n) is 2.62. The molecule has 1 aliphatic rings. The smallest absolute Gasteiger partial charge is 0.0363 e. The summed E-state index contributed by atoms with van der Waals surface area (Å²) in [5.41, 5.74) is 4.39. The Labute approximate surface area is 108 Å². The van der Waals surface area contributed by atoms with Gasteiger partial charge < -0.3 is 10.8 Å². The maximum absolute atomic E-state index is 3.62. The number of rotatable bonds is 2. The molecular weight excluding hydrogens is 222 g/mol. The van der Waals surface area contributed by atoms with Crippen molar-refractivity contribution in [3.05, 3.63) is 71.3 Å². The lowest BCUT2D eigenvalue weighted by atomic mass is 9.90. The second kappa shape index (κ2) is 5.80. The van der Waals surface area contributed by atoms with E-state index in [0.717, 1.165) is 19.4 Å². The van der Waals surface area contributed by atoms with Gasteiger partial charge in [-0.15, -0.1) is 0 Å². The first kappa shape index (κ1) is 12.8. The zero-order valence-electron chi connectivity index (χ0n) is 10.4. The summed E-state index contributed by atoms with van der Waals surface area (Å²) in [6.45, 7) is 1.09. The van der Waals surface area contributed by atoms with Crippen molar-refractivity contribution in [1.82, 2.24) is 5.32 Å². The van der Waals surface area contributed by atoms with Crippen LogP contribution in [0.4, 0.5) is 0 Å². The first-order valence-corrected chi connectivity index (χ1v) is 6.28. The Balaban J connectivity index is 0.00000120. The van der Waals surface area contributed by atoms with Gasteiger partial charge >= 0.3 is 0 Å². The average Bonchev–Trinajstić information content (AvgIpc) is 2.40. The Bertz CT molecular complexity index is 495. The van der Waals surface area contributed by atoms with Crippen molar-refractivity contribution >= 4 is 0 Å². The van der Waals surface area contributed by atoms with E-state index in [9.17, 15) is 0 Å². The minimum atomic E-state index is 0. The van der Waals surface area contributed by atoms with Gasteiger partial charge in [0.05, 0.1) is 0 Å². The molecule has 1 atom stereocenters. The Hall–Kier alpha value is -1.64. The lowest BCUT2D eigenvalue weighted by molar-refractivity contribution is 0.502. The Kier molecular flexibility index (Phi) is 4.13. The van der Waals surface area contributed by atoms with E-state index < -0.39 is 0 Å². The Morgan fingerprint density at radius 1 is 0.944 bits per heavy atom. The van der Waals surface area contributed by atoms with Crippen LogP contribution in [0.2, 0.25) is 0 Å². The molecule has 2 aromatic rings. The van der Waals surface area contributed by atoms with Crippen LogP contribution in [-0.2, 0) is 12.8 Å². The predicted molar refractivity (Wildman–Crippen MR) is 74.6 cm³/mol. The van der Waals surface area contributed by atoms with Crippen LogP contribution in [0.5, 0.6) is 0 Å². The fourth-order valence-corrected chi connectivity index (χ4v) is 2.62. The van der Waals surface area contributed by atoms with Gasteiger partial charge in [-0.1, -0.05) is 54.6 Å². The standard InChI is InChI=1S/C16H17N.H2O/c1-2-6-13(7-3-1)12-16-15-9-5-4-8-14(15)10-11-17-16;/h1-9,16-17H,10-12H2;1H2. The molecule has 3 N–H and O–H groups in total. The van der Waals surface area contributed by atoms with Crippen LogP contribution >= 0.6 is 0 Å². The highest BCUT2D eigenvalue weighted by atomic mass is 16.0. The van der Waals surface area contributed by atoms with Crippen molar-refractivity contribution in [2.45, 2.75) is 18.9 Å². The van der Waals surface area contributed by atoms with Crippen LogP contribution in [0.15, 0.2) is 54.6 Å². The lowest BCUT2D eigenvalue weighted by Crippen LogP contribution is -2.31. The van der Waals surface area contributed by atoms with Gasteiger partial charge in [-0.3, -0.25) is 0 Å². The molecule has 2 heteroatoms. The molecule has 0 bridgehead atoms. The zero-order valence-corrected chi connectivity index (χ0v) is 10.4. The summed E-state index contributed by atoms with van der Waals surface area (Å²) in [6, 6.07) is 20.0. The summed E-state index contributed by atoms with van der Waals surface area (Å²) in [6.07, 6.45) is 2.24. The van der Waals surface area contributed by atoms with Gasteiger partial charge in [-0.25, -0.2) is 0 Å². The monoisotopic (exact) mass is 241 g/mol. The van der Waals surface area contributed by atoms with Crippen molar-refractivity contribution in [3.8, 4) is 0 Å². The number of hydrogen-bond donors (Lipinski definition) is 1. The topological polar surface area (TPSA) is 43.5 Å². The van der Waals surface area contributed by atoms with Crippen molar-refractivity contribution in [3.63, 3.8) is 0 Å². The van der Waals surface area contributed by atoms with E-state index in [2.05, 4.69) is 59.9 Å². The molecule has 94 valence electrons. The van der Waals surface area contributed by atoms with Gasteiger partial charge in [0.15, 0.2) is 0 Å². The number of fused-ring (bicyclic) bond motifs is 1. The van der Waals surface area contributed by atoms with E-state index in [-0.39, 0.29) is 5.48 Å². The van der Waals surface area contributed by atoms with Gasteiger partial charge in [-0.2, -0.15) is 0 Å². The zero-order chi connectivity index (χ0) is 11.5. The Morgan fingerprint density at radius 3 is 2.50 bits per heavy atom. The quantitative estimate of drug-likeness (QED) is 0.861. The largest absolute Gasteiger partial charge is 0.412 e. The van der Waals surface area contributed by atoms with Crippen LogP contribution in [0.1, 0.15) is 22.7 Å². The third kappa shape index (κ3) is 2.61. The summed E-state index contributed by atoms with van der Waals surface area (Å²) in [5.74, 6) is 0. The Morgan fingerprint density at radius 2 is 1.67 bits per heavy atom. The first-order chi connectivity index (χ1) is 8.43. The van der Waals surface area contributed by atoms with Gasteiger partial charge in [-0.05, 0) is 36.1 Å². The molecule has 2 nitrogen and oxygen atoms in total. The summed E-state index contributed by atoms with van der Waals surface area (Å²) in [5, 5.41) is 3.62. The van der Waals surface area contributed by atoms with Gasteiger partial charge in [0.2, 0.25) is 0 Å². The predicted octanol–water partition coefficient (Wildman–Crippen LogP) is 2.29. The molecule has 0 spiro atoms. The minimum absolute atomic E-state index is 0. The molecule has 3 rings (SSSR count). The highest BCUT2D eigenvalue weighted by Gasteiger charge is 2.18. The van der Waals surface area contributed by atoms with Crippen LogP contribution < -0.4 is 5.32 Å². The molecule has 0 saturated heterocycles. The number of benzene rings is 2. The molecule has 1 heterocycles. The fraction of sp³-hybridized carbons (Fsp3) is 0.250. The van der Waals surface area contributed by atoms with E-state index in [4.69, 9.17) is 0 Å². The van der Waals surface area contributed by atoms with Crippen LogP contribution in [0, 0.1) is 0 Å². The molecule has 18 heavy (non-hydrogen) atoms. The van der Waals surface area contributed by atoms with E-state index >= 15 is 0 Å². The average molecular weight is 241 g/mol. The summed E-state index contributed by atoms with van der Waals surface area (Å²) < 4.78 is 0. The van der Waals surface area contributed by atoms with Gasteiger partial charge in [0, 0.05) is 6.04 Å². The van der Waals surface area contributed by atoms with E-state index in [1.54, 1.807) is 0 Å². The maximum Gasteiger partial charge on any atom is 0.0363 e. The third-order valence-corrected chi connectivity index (χ3v) is 3.50. The van der Waals surface area contributed by atoms with Crippen molar-refractivity contribution in [1.29, 1.82) is 0 Å². The highest BCUT2D eigenvalue weighted by Crippen LogP contribution is 2.25. The highest BCUT2D eigenvalue weighted by molar-refractivity contribution is 5.33. The number of hydrogen-bond acceptors (Lipinski definition) is 1. The molecular formula is C16H19NO. The van der Waals surface area contributed by atoms with Gasteiger partial charge in [0.1, 0.15) is 0 Å². The molecule has 1 aliphatic heterocycles. The van der Waals surface area contributed by atoms with E-state index in [1.807, 2.05) is 0 Å². The van der Waals surface area contributed by atoms with E-state index in [1.165, 1.54) is 16.7 Å². The third-order valence-electron chi connectivity index (χ3n) is 3.50. The molecule has 0 radical (unpaired) electrons. The van der Waals surface area contributed by atoms with Crippen molar-refractivity contribution in [2.24, 2.45) is 0 Å². The second-order valence-electron chi connectivity index (χ2n) is 4.65. The summed E-state index contributed by atoms with van der Waals surface area (Å²) in [4.78, 5) is 0. The summed E-state index contributed by atoms with van der Waals surface area (Å²) >= 11 is 0. The van der Waals surface area contributed by atoms with Crippen LogP contribution in [0.25, 0.3) is 0 Å². The van der Waals surface area contributed by atoms with Crippen molar-refractivity contribution < 1.29 is 5.48 Å². The molecule has 2 aromatic carbocycles. The van der Waals surface area contributed by atoms with Crippen LogP contribution in [0.3, 0.4) is 0 Å². The second-order valence-corrected chi connectivity index (χ2v) is 4.65. The molecule has 0 aliphatic carbocycles. The molecule has 0 aromatic heterocycles. The van der Waals surface area contributed by atoms with E-state index in [0.29, 0.717) is 6.04 Å². The molecule has 0 amide bonds. The summed E-state index contributed by atoms with van der Waals surface area (Å²) in [7, 11) is 0. The normalized spacial score (nSPS) is 17.7. The molecule has 1 unspecified atom stereocenters. The van der Waals surface area contributed by atoms with Crippen LogP contribution in [-0.4, -0.2) is 12.0 Å². The SMILES string of the molecule is O.c1ccc(CC2NCCc3ccccc32)cc1. The maximum atomic E-state index is 3.62. The van der Waals surface area contributed by atoms with Gasteiger partial charge in [0.25, 0.3) is 0 Å². The minimum Gasteiger partial charge on any atom is -0.412 e. The first-order valence-electron chi connectivity index (χ1n) is 6.28.